The quantitative estimate of drug-likeness (QED) is 0.551. The molecule has 4 nitrogen and oxygen atoms in total. The molecule has 0 radical (unpaired) electrons. The van der Waals surface area contributed by atoms with Gasteiger partial charge in [0.25, 0.3) is 0 Å². The Kier molecular flexibility index (Phi) is 3.59. The fourth-order valence-electron chi connectivity index (χ4n) is 1.64. The molecule has 3 N–H and O–H groups in total. The molecule has 1 amide bonds. The van der Waals surface area contributed by atoms with E-state index in [-0.39, 0.29) is 12.0 Å². The molecule has 86 valence electrons. The van der Waals surface area contributed by atoms with Crippen LogP contribution in [0.2, 0.25) is 0 Å². The van der Waals surface area contributed by atoms with Gasteiger partial charge in [-0.2, -0.15) is 0 Å². The summed E-state index contributed by atoms with van der Waals surface area (Å²) in [5.41, 5.74) is 0. The molecule has 0 heterocycles. The Morgan fingerprint density at radius 3 is 2.67 bits per heavy atom. The van der Waals surface area contributed by atoms with E-state index >= 15 is 0 Å². The highest BCUT2D eigenvalue weighted by atomic mass is 16.3. The molecule has 2 aliphatic rings. The van der Waals surface area contributed by atoms with Gasteiger partial charge in [0.2, 0.25) is 5.91 Å². The molecule has 1 atom stereocenters. The van der Waals surface area contributed by atoms with Crippen molar-refractivity contribution in [3.63, 3.8) is 0 Å². The molecule has 0 saturated heterocycles. The Labute approximate surface area is 90.4 Å². The first-order valence-corrected chi connectivity index (χ1v) is 5.91. The van der Waals surface area contributed by atoms with Gasteiger partial charge in [0.05, 0.1) is 12.6 Å². The highest BCUT2D eigenvalue weighted by Crippen LogP contribution is 2.32. The first kappa shape index (κ1) is 10.9. The molecule has 2 saturated carbocycles. The van der Waals surface area contributed by atoms with E-state index in [0.29, 0.717) is 19.0 Å². The fraction of sp³-hybridized carbons (Fsp3) is 0.909. The summed E-state index contributed by atoms with van der Waals surface area (Å²) in [5, 5.41) is 15.4. The van der Waals surface area contributed by atoms with Crippen LogP contribution < -0.4 is 10.6 Å². The van der Waals surface area contributed by atoms with Crippen molar-refractivity contribution in [1.82, 2.24) is 10.6 Å². The minimum Gasteiger partial charge on any atom is -0.391 e. The third-order valence-electron chi connectivity index (χ3n) is 3.09. The number of carbonyl (C=O) groups excluding carboxylic acids is 1. The first-order chi connectivity index (χ1) is 7.25. The molecule has 0 aromatic rings. The van der Waals surface area contributed by atoms with E-state index < -0.39 is 0 Å². The maximum absolute atomic E-state index is 11.3. The van der Waals surface area contributed by atoms with E-state index in [1.54, 1.807) is 0 Å². The van der Waals surface area contributed by atoms with Crippen LogP contribution in [0.4, 0.5) is 0 Å². The molecule has 0 aliphatic heterocycles. The van der Waals surface area contributed by atoms with Gasteiger partial charge in [-0.3, -0.25) is 4.79 Å². The normalized spacial score (nSPS) is 22.5. The van der Waals surface area contributed by atoms with E-state index in [1.807, 2.05) is 0 Å². The number of carbonyl (C=O) groups is 1. The predicted octanol–water partition coefficient (Wildman–Crippen LogP) is -0.127. The maximum atomic E-state index is 11.3. The zero-order valence-electron chi connectivity index (χ0n) is 9.04. The molecule has 15 heavy (non-hydrogen) atoms. The van der Waals surface area contributed by atoms with Gasteiger partial charge < -0.3 is 15.7 Å². The number of amides is 1. The van der Waals surface area contributed by atoms with Crippen LogP contribution in [-0.4, -0.2) is 36.8 Å². The third kappa shape index (κ3) is 4.18. The topological polar surface area (TPSA) is 61.4 Å². The summed E-state index contributed by atoms with van der Waals surface area (Å²) < 4.78 is 0. The van der Waals surface area contributed by atoms with E-state index in [4.69, 9.17) is 0 Å². The molecule has 4 heteroatoms. The number of rotatable bonds is 7. The van der Waals surface area contributed by atoms with E-state index in [2.05, 4.69) is 10.6 Å². The van der Waals surface area contributed by atoms with Crippen molar-refractivity contribution in [2.24, 2.45) is 11.8 Å². The summed E-state index contributed by atoms with van der Waals surface area (Å²) in [5.74, 6) is 1.23. The minimum absolute atomic E-state index is 0.00431. The van der Waals surface area contributed by atoms with Gasteiger partial charge in [-0.05, 0) is 44.1 Å². The average molecular weight is 212 g/mol. The zero-order valence-corrected chi connectivity index (χ0v) is 9.04. The Morgan fingerprint density at radius 2 is 2.07 bits per heavy atom. The predicted molar refractivity (Wildman–Crippen MR) is 57.3 cm³/mol. The van der Waals surface area contributed by atoms with Crippen molar-refractivity contribution in [3.8, 4) is 0 Å². The van der Waals surface area contributed by atoms with Crippen LogP contribution in [0.15, 0.2) is 0 Å². The average Bonchev–Trinajstić information content (AvgIpc) is 3.02. The van der Waals surface area contributed by atoms with E-state index in [1.165, 1.54) is 12.8 Å². The Hall–Kier alpha value is -0.610. The monoisotopic (exact) mass is 212 g/mol. The largest absolute Gasteiger partial charge is 0.391 e. The van der Waals surface area contributed by atoms with Crippen molar-refractivity contribution < 1.29 is 9.90 Å². The lowest BCUT2D eigenvalue weighted by Gasteiger charge is -2.10. The smallest absolute Gasteiger partial charge is 0.234 e. The fourth-order valence-corrected chi connectivity index (χ4v) is 1.64. The third-order valence-corrected chi connectivity index (χ3v) is 3.09. The zero-order chi connectivity index (χ0) is 10.7. The van der Waals surface area contributed by atoms with Crippen molar-refractivity contribution >= 4 is 5.91 Å². The van der Waals surface area contributed by atoms with Gasteiger partial charge in [-0.25, -0.2) is 0 Å². The Bertz CT molecular complexity index is 225. The number of hydrogen-bond acceptors (Lipinski definition) is 3. The number of hydrogen-bond donors (Lipinski definition) is 3. The number of nitrogens with one attached hydrogen (secondary N) is 2. The summed E-state index contributed by atoms with van der Waals surface area (Å²) in [6, 6.07) is 0. The second kappa shape index (κ2) is 4.94. The number of aliphatic hydroxyl groups excluding tert-OH is 1. The summed E-state index contributed by atoms with van der Waals surface area (Å²) in [7, 11) is 0. The van der Waals surface area contributed by atoms with Crippen molar-refractivity contribution in [2.75, 3.05) is 19.6 Å². The summed E-state index contributed by atoms with van der Waals surface area (Å²) in [6.45, 7) is 1.75. The molecule has 0 bridgehead atoms. The van der Waals surface area contributed by atoms with Crippen molar-refractivity contribution in [2.45, 2.75) is 31.8 Å². The van der Waals surface area contributed by atoms with Crippen LogP contribution in [0.5, 0.6) is 0 Å². The molecule has 2 rings (SSSR count). The standard InChI is InChI=1S/C11H20N2O2/c14-10(9-3-4-9)6-13-11(15)7-12-5-8-1-2-8/h8-10,12,14H,1-7H2,(H,13,15). The molecule has 0 spiro atoms. The second-order valence-corrected chi connectivity index (χ2v) is 4.78. The lowest BCUT2D eigenvalue weighted by atomic mass is 10.2. The SMILES string of the molecule is O=C(CNCC1CC1)NCC(O)C1CC1. The van der Waals surface area contributed by atoms with Crippen LogP contribution in [0.25, 0.3) is 0 Å². The van der Waals surface area contributed by atoms with Gasteiger partial charge in [-0.15, -0.1) is 0 Å². The summed E-state index contributed by atoms with van der Waals surface area (Å²) in [4.78, 5) is 11.3. The van der Waals surface area contributed by atoms with Gasteiger partial charge in [0.1, 0.15) is 0 Å². The molecule has 0 aromatic heterocycles. The molecule has 0 aromatic carbocycles. The minimum atomic E-state index is -0.336. The van der Waals surface area contributed by atoms with E-state index in [0.717, 1.165) is 25.3 Å². The molecular formula is C11H20N2O2. The van der Waals surface area contributed by atoms with Gasteiger partial charge >= 0.3 is 0 Å². The molecule has 1 unspecified atom stereocenters. The lowest BCUT2D eigenvalue weighted by Crippen LogP contribution is -2.39. The van der Waals surface area contributed by atoms with Crippen LogP contribution in [0, 0.1) is 11.8 Å². The maximum Gasteiger partial charge on any atom is 0.234 e. The van der Waals surface area contributed by atoms with Crippen LogP contribution >= 0.6 is 0 Å². The van der Waals surface area contributed by atoms with Crippen molar-refractivity contribution in [3.05, 3.63) is 0 Å². The van der Waals surface area contributed by atoms with Crippen LogP contribution in [0.3, 0.4) is 0 Å². The Morgan fingerprint density at radius 1 is 1.33 bits per heavy atom. The summed E-state index contributed by atoms with van der Waals surface area (Å²) >= 11 is 0. The second-order valence-electron chi connectivity index (χ2n) is 4.78. The highest BCUT2D eigenvalue weighted by molar-refractivity contribution is 5.77. The van der Waals surface area contributed by atoms with Crippen molar-refractivity contribution in [1.29, 1.82) is 0 Å². The number of aliphatic hydroxyl groups is 1. The van der Waals surface area contributed by atoms with Crippen LogP contribution in [0.1, 0.15) is 25.7 Å². The van der Waals surface area contributed by atoms with E-state index in [9.17, 15) is 9.90 Å². The van der Waals surface area contributed by atoms with Gasteiger partial charge in [0, 0.05) is 6.54 Å². The Balaban J connectivity index is 1.47. The van der Waals surface area contributed by atoms with Gasteiger partial charge in [0.15, 0.2) is 0 Å². The summed E-state index contributed by atoms with van der Waals surface area (Å²) in [6.07, 6.45) is 4.48. The molecule has 2 aliphatic carbocycles. The van der Waals surface area contributed by atoms with Gasteiger partial charge in [-0.1, -0.05) is 0 Å². The molecule has 2 fully saturated rings. The molecular weight excluding hydrogens is 192 g/mol. The van der Waals surface area contributed by atoms with Crippen LogP contribution in [-0.2, 0) is 4.79 Å². The first-order valence-electron chi connectivity index (χ1n) is 5.91. The lowest BCUT2D eigenvalue weighted by molar-refractivity contribution is -0.120. The highest BCUT2D eigenvalue weighted by Gasteiger charge is 2.29.